The first kappa shape index (κ1) is 13.1. The molecule has 0 aromatic rings. The molecule has 12 heavy (non-hydrogen) atoms. The van der Waals surface area contributed by atoms with Crippen LogP contribution in [0.5, 0.6) is 0 Å². The number of phosphoric acid groups is 1. The fourth-order valence-electron chi connectivity index (χ4n) is 0.286. The minimum atomic E-state index is -4.48. The van der Waals surface area contributed by atoms with Crippen LogP contribution < -0.4 is 0 Å². The summed E-state index contributed by atoms with van der Waals surface area (Å²) in [6.07, 6.45) is 0. The zero-order chi connectivity index (χ0) is 10.2. The molecule has 0 saturated heterocycles. The summed E-state index contributed by atoms with van der Waals surface area (Å²) in [5, 5.41) is 0. The summed E-state index contributed by atoms with van der Waals surface area (Å²) in [5.74, 6) is 0. The van der Waals surface area contributed by atoms with Gasteiger partial charge in [0.05, 0.1) is 0 Å². The zero-order valence-corrected chi connectivity index (χ0v) is 11.0. The molecule has 0 spiro atoms. The minimum Gasteiger partial charge on any atom is -0.303 e. The summed E-state index contributed by atoms with van der Waals surface area (Å²) >= 11 is 6.08. The molecule has 0 amide bonds. The lowest BCUT2D eigenvalue weighted by Gasteiger charge is -2.33. The van der Waals surface area contributed by atoms with E-state index in [1.807, 2.05) is 0 Å². The predicted molar refractivity (Wildman–Crippen MR) is 53.2 cm³/mol. The van der Waals surface area contributed by atoms with Gasteiger partial charge in [0.15, 0.2) is 3.42 Å². The third kappa shape index (κ3) is 4.35. The van der Waals surface area contributed by atoms with Crippen molar-refractivity contribution < 1.29 is 18.9 Å². The van der Waals surface area contributed by atoms with Gasteiger partial charge in [-0.15, -0.1) is 0 Å². The lowest BCUT2D eigenvalue weighted by molar-refractivity contribution is 0.101. The molecule has 0 unspecified atom stereocenters. The summed E-state index contributed by atoms with van der Waals surface area (Å²) in [6, 6.07) is 0. The van der Waals surface area contributed by atoms with Crippen LogP contribution in [0.2, 0.25) is 0 Å². The highest BCUT2D eigenvalue weighted by Gasteiger charge is 2.43. The molecule has 4 nitrogen and oxygen atoms in total. The molecular weight excluding hydrogens is 315 g/mol. The van der Waals surface area contributed by atoms with Crippen LogP contribution in [0.25, 0.3) is 0 Å². The molecule has 0 atom stereocenters. The van der Waals surface area contributed by atoms with Crippen molar-refractivity contribution in [1.29, 1.82) is 0 Å². The Morgan fingerprint density at radius 1 is 1.25 bits per heavy atom. The van der Waals surface area contributed by atoms with E-state index in [4.69, 9.17) is 9.79 Å². The van der Waals surface area contributed by atoms with E-state index in [0.29, 0.717) is 0 Å². The fraction of sp³-hybridized carbons (Fsp3) is 1.00. The standard InChI is InChI=1S/C5H11Br2O4P/c1-4(2,3)5(6,7)11-12(8,9)10/h1-3H3,(H2,8,9,10). The van der Waals surface area contributed by atoms with Crippen LogP contribution in [0.15, 0.2) is 0 Å². The van der Waals surface area contributed by atoms with Crippen molar-refractivity contribution in [1.82, 2.24) is 0 Å². The van der Waals surface area contributed by atoms with E-state index in [1.54, 1.807) is 20.8 Å². The molecule has 7 heteroatoms. The van der Waals surface area contributed by atoms with Gasteiger partial charge in [0.2, 0.25) is 0 Å². The summed E-state index contributed by atoms with van der Waals surface area (Å²) in [4.78, 5) is 17.1. The van der Waals surface area contributed by atoms with Gasteiger partial charge in [0.1, 0.15) is 0 Å². The van der Waals surface area contributed by atoms with E-state index in [1.165, 1.54) is 0 Å². The lowest BCUT2D eigenvalue weighted by Crippen LogP contribution is -2.32. The molecule has 0 radical (unpaired) electrons. The molecule has 0 aliphatic carbocycles. The maximum atomic E-state index is 10.5. The molecule has 2 N–H and O–H groups in total. The van der Waals surface area contributed by atoms with Gasteiger partial charge in [-0.1, -0.05) is 20.8 Å². The zero-order valence-electron chi connectivity index (χ0n) is 6.91. The fourth-order valence-corrected chi connectivity index (χ4v) is 1.99. The molecule has 0 aromatic carbocycles. The molecule has 74 valence electrons. The highest BCUT2D eigenvalue weighted by atomic mass is 79.9. The molecule has 0 aliphatic rings. The SMILES string of the molecule is CC(C)(C)C(Br)(Br)OP(=O)(O)O. The molecular formula is C5H11Br2O4P. The third-order valence-electron chi connectivity index (χ3n) is 1.11. The van der Waals surface area contributed by atoms with E-state index >= 15 is 0 Å². The first-order valence-corrected chi connectivity index (χ1v) is 6.21. The molecule has 0 saturated carbocycles. The highest BCUT2D eigenvalue weighted by Crippen LogP contribution is 2.54. The summed E-state index contributed by atoms with van der Waals surface area (Å²) < 4.78 is 13.8. The number of phosphoric ester groups is 1. The van der Waals surface area contributed by atoms with Crippen LogP contribution in [0.1, 0.15) is 20.8 Å². The average Bonchev–Trinajstić information content (AvgIpc) is 1.52. The maximum absolute atomic E-state index is 10.5. The second-order valence-corrected chi connectivity index (χ2v) is 7.81. The van der Waals surface area contributed by atoms with Gasteiger partial charge in [-0.05, 0) is 31.9 Å². The summed E-state index contributed by atoms with van der Waals surface area (Å²) in [5.41, 5.74) is -0.478. The number of hydrogen-bond donors (Lipinski definition) is 2. The maximum Gasteiger partial charge on any atom is 0.471 e. The van der Waals surface area contributed by atoms with Crippen molar-refractivity contribution in [2.75, 3.05) is 0 Å². The van der Waals surface area contributed by atoms with Crippen LogP contribution in [0, 0.1) is 5.41 Å². The predicted octanol–water partition coefficient (Wildman–Crippen LogP) is 2.59. The average molecular weight is 326 g/mol. The molecule has 0 fully saturated rings. The monoisotopic (exact) mass is 324 g/mol. The van der Waals surface area contributed by atoms with Gasteiger partial charge >= 0.3 is 7.82 Å². The molecule has 0 heterocycles. The normalized spacial score (nSPS) is 14.9. The van der Waals surface area contributed by atoms with Gasteiger partial charge in [-0.3, -0.25) is 4.52 Å². The van der Waals surface area contributed by atoms with Crippen molar-refractivity contribution in [3.8, 4) is 0 Å². The van der Waals surface area contributed by atoms with E-state index < -0.39 is 16.7 Å². The van der Waals surface area contributed by atoms with Crippen molar-refractivity contribution in [3.63, 3.8) is 0 Å². The van der Waals surface area contributed by atoms with Crippen molar-refractivity contribution in [2.45, 2.75) is 24.2 Å². The first-order chi connectivity index (χ1) is 4.96. The Bertz CT molecular complexity index is 204. The van der Waals surface area contributed by atoms with Gasteiger partial charge in [0, 0.05) is 5.41 Å². The Hall–Kier alpha value is 1.07. The number of halogens is 2. The van der Waals surface area contributed by atoms with Crippen LogP contribution in [0.3, 0.4) is 0 Å². The van der Waals surface area contributed by atoms with Crippen LogP contribution in [-0.4, -0.2) is 13.2 Å². The second-order valence-electron chi connectivity index (χ2n) is 3.35. The first-order valence-electron chi connectivity index (χ1n) is 3.10. The van der Waals surface area contributed by atoms with Gasteiger partial charge in [-0.25, -0.2) is 4.57 Å². The van der Waals surface area contributed by atoms with E-state index in [9.17, 15) is 4.57 Å². The largest absolute Gasteiger partial charge is 0.471 e. The van der Waals surface area contributed by atoms with Crippen molar-refractivity contribution in [3.05, 3.63) is 0 Å². The number of alkyl halides is 2. The topological polar surface area (TPSA) is 66.8 Å². The Balaban J connectivity index is 4.56. The Kier molecular flexibility index (Phi) is 4.00. The summed E-state index contributed by atoms with van der Waals surface area (Å²) in [6.45, 7) is 5.31. The highest BCUT2D eigenvalue weighted by molar-refractivity contribution is 9.25. The van der Waals surface area contributed by atoms with E-state index in [-0.39, 0.29) is 0 Å². The van der Waals surface area contributed by atoms with Gasteiger partial charge in [0.25, 0.3) is 0 Å². The molecule has 0 aromatic heterocycles. The van der Waals surface area contributed by atoms with E-state index in [0.717, 1.165) is 0 Å². The van der Waals surface area contributed by atoms with Crippen LogP contribution >= 0.6 is 39.7 Å². The summed E-state index contributed by atoms with van der Waals surface area (Å²) in [7, 11) is -4.48. The molecule has 0 rings (SSSR count). The van der Waals surface area contributed by atoms with Gasteiger partial charge in [-0.2, -0.15) is 0 Å². The van der Waals surface area contributed by atoms with Crippen LogP contribution in [-0.2, 0) is 9.09 Å². The molecule has 0 bridgehead atoms. The number of rotatable bonds is 2. The lowest BCUT2D eigenvalue weighted by atomic mass is 9.99. The van der Waals surface area contributed by atoms with Crippen molar-refractivity contribution >= 4 is 39.7 Å². The van der Waals surface area contributed by atoms with Crippen LogP contribution in [0.4, 0.5) is 0 Å². The Morgan fingerprint density at radius 3 is 1.67 bits per heavy atom. The van der Waals surface area contributed by atoms with Gasteiger partial charge < -0.3 is 9.79 Å². The van der Waals surface area contributed by atoms with E-state index in [2.05, 4.69) is 36.4 Å². The second kappa shape index (κ2) is 3.67. The third-order valence-corrected chi connectivity index (χ3v) is 4.82. The minimum absolute atomic E-state index is 0.478. The molecule has 0 aliphatic heterocycles. The van der Waals surface area contributed by atoms with Crippen molar-refractivity contribution in [2.24, 2.45) is 5.41 Å². The Morgan fingerprint density at radius 2 is 1.58 bits per heavy atom. The quantitative estimate of drug-likeness (QED) is 0.605. The smallest absolute Gasteiger partial charge is 0.303 e. The number of hydrogen-bond acceptors (Lipinski definition) is 2. The Labute approximate surface area is 88.2 Å².